The smallest absolute Gasteiger partial charge is 0.241 e. The van der Waals surface area contributed by atoms with Crippen molar-refractivity contribution in [1.29, 1.82) is 0 Å². The van der Waals surface area contributed by atoms with Gasteiger partial charge in [0.1, 0.15) is 5.82 Å². The number of hydrogen-bond acceptors (Lipinski definition) is 8. The zero-order valence-electron chi connectivity index (χ0n) is 22.8. The minimum Gasteiger partial charge on any atom is -0.340 e. The van der Waals surface area contributed by atoms with Gasteiger partial charge in [0.2, 0.25) is 26.0 Å². The first kappa shape index (κ1) is 28.7. The van der Waals surface area contributed by atoms with Crippen LogP contribution in [-0.2, 0) is 33.1 Å². The summed E-state index contributed by atoms with van der Waals surface area (Å²) in [6.45, 7) is 4.06. The highest BCUT2D eigenvalue weighted by Crippen LogP contribution is 2.28. The summed E-state index contributed by atoms with van der Waals surface area (Å²) in [6.07, 6.45) is 3.12. The first-order valence-electron chi connectivity index (χ1n) is 13.2. The molecule has 0 aliphatic heterocycles. The molecule has 3 aromatic carbocycles. The Bertz CT molecular complexity index is 1740. The van der Waals surface area contributed by atoms with Crippen LogP contribution in [0.1, 0.15) is 35.1 Å². The van der Waals surface area contributed by atoms with Crippen LogP contribution in [0.4, 0.5) is 23.1 Å². The number of nitrogens with zero attached hydrogens (tertiary/aromatic N) is 2. The fraction of sp³-hybridized carbons (Fsp3) is 0.241. The van der Waals surface area contributed by atoms with E-state index in [-0.39, 0.29) is 23.2 Å². The maximum absolute atomic E-state index is 13.1. The Morgan fingerprint density at radius 3 is 2.12 bits per heavy atom. The molecule has 0 radical (unpaired) electrons. The lowest BCUT2D eigenvalue weighted by atomic mass is 10.2. The highest BCUT2D eigenvalue weighted by Gasteiger charge is 2.35. The van der Waals surface area contributed by atoms with Crippen LogP contribution in [0.2, 0.25) is 0 Å². The summed E-state index contributed by atoms with van der Waals surface area (Å²) in [6, 6.07) is 21.8. The summed E-state index contributed by atoms with van der Waals surface area (Å²) in [5.74, 6) is 0.878. The molecule has 1 aliphatic rings. The van der Waals surface area contributed by atoms with E-state index in [0.717, 1.165) is 35.2 Å². The molecule has 0 atom stereocenters. The number of aromatic nitrogens is 2. The highest BCUT2D eigenvalue weighted by molar-refractivity contribution is 7.90. The van der Waals surface area contributed by atoms with Gasteiger partial charge in [-0.25, -0.2) is 31.3 Å². The number of aryl methyl sites for hydroxylation is 2. The average Bonchev–Trinajstić information content (AvgIpc) is 3.82. The number of anilines is 4. The van der Waals surface area contributed by atoms with Gasteiger partial charge in [-0.3, -0.25) is 0 Å². The molecule has 1 aliphatic carbocycles. The van der Waals surface area contributed by atoms with E-state index in [0.29, 0.717) is 23.0 Å². The van der Waals surface area contributed by atoms with Gasteiger partial charge < -0.3 is 10.6 Å². The van der Waals surface area contributed by atoms with Crippen molar-refractivity contribution in [2.75, 3.05) is 10.6 Å². The van der Waals surface area contributed by atoms with E-state index in [4.69, 9.17) is 0 Å². The molecule has 0 unspecified atom stereocenters. The topological polar surface area (TPSA) is 142 Å². The number of rotatable bonds is 12. The molecule has 1 heterocycles. The Morgan fingerprint density at radius 2 is 1.41 bits per heavy atom. The fourth-order valence-corrected chi connectivity index (χ4v) is 6.75. The molecule has 5 rings (SSSR count). The summed E-state index contributed by atoms with van der Waals surface area (Å²) in [7, 11) is -6.99. The first-order valence-corrected chi connectivity index (χ1v) is 16.2. The number of sulfonamides is 2. The molecular formula is C29H32N6O4S2. The summed E-state index contributed by atoms with van der Waals surface area (Å²) in [4.78, 5) is 9.10. The molecule has 4 aromatic rings. The van der Waals surface area contributed by atoms with Gasteiger partial charge >= 0.3 is 0 Å². The van der Waals surface area contributed by atoms with Crippen molar-refractivity contribution < 1.29 is 16.8 Å². The normalized spacial score (nSPS) is 13.6. The van der Waals surface area contributed by atoms with Crippen LogP contribution >= 0.6 is 0 Å². The Morgan fingerprint density at radius 1 is 0.756 bits per heavy atom. The van der Waals surface area contributed by atoms with Gasteiger partial charge in [0, 0.05) is 36.2 Å². The monoisotopic (exact) mass is 592 g/mol. The molecule has 1 aromatic heterocycles. The molecule has 4 N–H and O–H groups in total. The molecule has 1 fully saturated rings. The Kier molecular flexibility index (Phi) is 8.36. The lowest BCUT2D eigenvalue weighted by Crippen LogP contribution is -2.26. The van der Waals surface area contributed by atoms with Crippen LogP contribution in [0.5, 0.6) is 0 Å². The lowest BCUT2D eigenvalue weighted by molar-refractivity contribution is 0.578. The highest BCUT2D eigenvalue weighted by atomic mass is 32.2. The minimum atomic E-state index is -3.76. The second kappa shape index (κ2) is 12.0. The van der Waals surface area contributed by atoms with Crippen LogP contribution in [0, 0.1) is 13.8 Å². The maximum Gasteiger partial charge on any atom is 0.241 e. The first-order chi connectivity index (χ1) is 19.6. The summed E-state index contributed by atoms with van der Waals surface area (Å²) in [5, 5.41) is 6.12. The van der Waals surface area contributed by atoms with Crippen molar-refractivity contribution in [2.45, 2.75) is 49.9 Å². The molecule has 0 saturated heterocycles. The van der Waals surface area contributed by atoms with Crippen molar-refractivity contribution >= 4 is 43.2 Å². The van der Waals surface area contributed by atoms with Gasteiger partial charge in [-0.05, 0) is 67.6 Å². The van der Waals surface area contributed by atoms with Crippen LogP contribution in [-0.4, -0.2) is 32.1 Å². The summed E-state index contributed by atoms with van der Waals surface area (Å²) >= 11 is 0. The molecule has 0 amide bonds. The van der Waals surface area contributed by atoms with Gasteiger partial charge in [-0.15, -0.1) is 0 Å². The van der Waals surface area contributed by atoms with Crippen molar-refractivity contribution in [3.63, 3.8) is 0 Å². The van der Waals surface area contributed by atoms with Gasteiger partial charge in [-0.1, -0.05) is 48.5 Å². The van der Waals surface area contributed by atoms with Gasteiger partial charge in [0.05, 0.1) is 10.1 Å². The van der Waals surface area contributed by atoms with Gasteiger partial charge in [-0.2, -0.15) is 4.98 Å². The van der Waals surface area contributed by atoms with E-state index in [2.05, 4.69) is 30.0 Å². The Labute approximate surface area is 240 Å². The second-order valence-corrected chi connectivity index (χ2v) is 13.8. The average molecular weight is 593 g/mol. The Hall–Kier alpha value is -3.84. The SMILES string of the molecule is Cc1ccc(Nc2ncc(C)c(Nc3ccc(CNS(=O)(=O)C4CC4)cc3)n2)cc1S(=O)(=O)NCc1ccccc1. The largest absolute Gasteiger partial charge is 0.340 e. The maximum atomic E-state index is 13.1. The zero-order valence-corrected chi connectivity index (χ0v) is 24.4. The molecule has 0 spiro atoms. The van der Waals surface area contributed by atoms with Crippen molar-refractivity contribution in [3.05, 3.63) is 101 Å². The molecule has 214 valence electrons. The van der Waals surface area contributed by atoms with Crippen molar-refractivity contribution in [2.24, 2.45) is 0 Å². The zero-order chi connectivity index (χ0) is 29.0. The third-order valence-corrected chi connectivity index (χ3v) is 10.1. The molecule has 0 bridgehead atoms. The molecule has 1 saturated carbocycles. The van der Waals surface area contributed by atoms with E-state index >= 15 is 0 Å². The second-order valence-electron chi connectivity index (χ2n) is 10.0. The predicted octanol–water partition coefficient (Wildman–Crippen LogP) is 4.64. The van der Waals surface area contributed by atoms with Crippen molar-refractivity contribution in [1.82, 2.24) is 19.4 Å². The summed E-state index contributed by atoms with van der Waals surface area (Å²) < 4.78 is 55.6. The Balaban J connectivity index is 1.25. The molecular weight excluding hydrogens is 560 g/mol. The van der Waals surface area contributed by atoms with Gasteiger partial charge in [0.15, 0.2) is 0 Å². The summed E-state index contributed by atoms with van der Waals surface area (Å²) in [5.41, 5.74) is 4.46. The van der Waals surface area contributed by atoms with Crippen molar-refractivity contribution in [3.8, 4) is 0 Å². The van der Waals surface area contributed by atoms with E-state index in [1.54, 1.807) is 31.3 Å². The fourth-order valence-electron chi connectivity index (χ4n) is 4.10. The molecule has 12 heteroatoms. The number of hydrogen-bond donors (Lipinski definition) is 4. The lowest BCUT2D eigenvalue weighted by Gasteiger charge is -2.14. The molecule has 10 nitrogen and oxygen atoms in total. The predicted molar refractivity (Wildman–Crippen MR) is 160 cm³/mol. The van der Waals surface area contributed by atoms with E-state index in [1.807, 2.05) is 61.5 Å². The van der Waals surface area contributed by atoms with E-state index in [9.17, 15) is 16.8 Å². The number of nitrogens with one attached hydrogen (secondary N) is 4. The molecule has 41 heavy (non-hydrogen) atoms. The van der Waals surface area contributed by atoms with Crippen LogP contribution in [0.3, 0.4) is 0 Å². The third kappa shape index (κ3) is 7.47. The van der Waals surface area contributed by atoms with Gasteiger partial charge in [0.25, 0.3) is 0 Å². The van der Waals surface area contributed by atoms with E-state index in [1.165, 1.54) is 0 Å². The van der Waals surface area contributed by atoms with Crippen LogP contribution < -0.4 is 20.1 Å². The van der Waals surface area contributed by atoms with Crippen LogP contribution in [0.15, 0.2) is 83.9 Å². The van der Waals surface area contributed by atoms with E-state index < -0.39 is 20.0 Å². The standard InChI is InChI=1S/C29H32N6O4S2/c1-20-8-11-25(16-27(20)41(38,39)32-18-22-6-4-3-5-7-22)34-29-30-17-21(2)28(35-29)33-24-12-9-23(10-13-24)19-31-40(36,37)26-14-15-26/h3-13,16-17,26,31-32H,14-15,18-19H2,1-2H3,(H2,30,33,34,35). The number of benzene rings is 3. The third-order valence-electron chi connectivity index (χ3n) is 6.67. The van der Waals surface area contributed by atoms with Crippen LogP contribution in [0.25, 0.3) is 0 Å². The quantitative estimate of drug-likeness (QED) is 0.186. The minimum absolute atomic E-state index is 0.170.